The summed E-state index contributed by atoms with van der Waals surface area (Å²) >= 11 is 0. The van der Waals surface area contributed by atoms with Crippen molar-refractivity contribution < 1.29 is 19.4 Å². The molecule has 23 heavy (non-hydrogen) atoms. The highest BCUT2D eigenvalue weighted by Crippen LogP contribution is 2.22. The summed E-state index contributed by atoms with van der Waals surface area (Å²) in [6.07, 6.45) is 0.591. The van der Waals surface area contributed by atoms with Gasteiger partial charge in [-0.2, -0.15) is 0 Å². The Labute approximate surface area is 135 Å². The number of aliphatic hydroxyl groups is 1. The number of aliphatic hydroxyl groups excluding tert-OH is 1. The van der Waals surface area contributed by atoms with Gasteiger partial charge in [0.2, 0.25) is 5.78 Å². The van der Waals surface area contributed by atoms with E-state index in [0.29, 0.717) is 34.7 Å². The summed E-state index contributed by atoms with van der Waals surface area (Å²) < 4.78 is 5.54. The van der Waals surface area contributed by atoms with Crippen molar-refractivity contribution in [1.82, 2.24) is 4.98 Å². The van der Waals surface area contributed by atoms with Crippen molar-refractivity contribution in [3.8, 4) is 5.75 Å². The maximum atomic E-state index is 12.5. The van der Waals surface area contributed by atoms with Crippen LogP contribution >= 0.6 is 0 Å². The minimum atomic E-state index is -0.217. The second-order valence-corrected chi connectivity index (χ2v) is 5.37. The summed E-state index contributed by atoms with van der Waals surface area (Å²) in [4.78, 5) is 27.2. The smallest absolute Gasteiger partial charge is 0.216 e. The maximum Gasteiger partial charge on any atom is 0.216 e. The monoisotopic (exact) mass is 315 g/mol. The Kier molecular flexibility index (Phi) is 5.34. The van der Waals surface area contributed by atoms with Gasteiger partial charge in [0.25, 0.3) is 0 Å². The normalized spacial score (nSPS) is 10.6. The number of hydrogen-bond donors (Lipinski definition) is 2. The van der Waals surface area contributed by atoms with Crippen LogP contribution in [0.3, 0.4) is 0 Å². The standard InChI is InChI=1S/C18H21NO4/c1-4-14-17(12(3)21)11(2)19-18(14)15(22)10-23-16-8-6-5-7-13(16)9-20/h5-8,19-20H,4,9-10H2,1-3H3. The first-order valence-corrected chi connectivity index (χ1v) is 7.56. The van der Waals surface area contributed by atoms with E-state index in [1.807, 2.05) is 6.92 Å². The molecule has 0 saturated heterocycles. The van der Waals surface area contributed by atoms with E-state index < -0.39 is 0 Å². The van der Waals surface area contributed by atoms with Crippen LogP contribution in [0.2, 0.25) is 0 Å². The number of ether oxygens (including phenoxy) is 1. The molecule has 0 unspecified atom stereocenters. The number of Topliss-reactive ketones (excluding diaryl/α,β-unsaturated/α-hetero) is 2. The lowest BCUT2D eigenvalue weighted by Crippen LogP contribution is -2.15. The van der Waals surface area contributed by atoms with Crippen LogP contribution in [0, 0.1) is 6.92 Å². The van der Waals surface area contributed by atoms with Crippen LogP contribution in [-0.2, 0) is 13.0 Å². The van der Waals surface area contributed by atoms with E-state index in [2.05, 4.69) is 4.98 Å². The minimum Gasteiger partial charge on any atom is -0.485 e. The zero-order chi connectivity index (χ0) is 17.0. The summed E-state index contributed by atoms with van der Waals surface area (Å²) in [5, 5.41) is 9.28. The van der Waals surface area contributed by atoms with Crippen LogP contribution in [0.4, 0.5) is 0 Å². The molecule has 0 fully saturated rings. The number of hydrogen-bond acceptors (Lipinski definition) is 4. The van der Waals surface area contributed by atoms with Crippen LogP contribution in [0.25, 0.3) is 0 Å². The number of aromatic nitrogens is 1. The Morgan fingerprint density at radius 2 is 1.96 bits per heavy atom. The summed E-state index contributed by atoms with van der Waals surface area (Å²) in [5.41, 5.74) is 3.08. The number of rotatable bonds is 7. The molecule has 0 aliphatic rings. The molecule has 1 aromatic heterocycles. The van der Waals surface area contributed by atoms with E-state index in [0.717, 1.165) is 5.56 Å². The van der Waals surface area contributed by atoms with Crippen LogP contribution in [-0.4, -0.2) is 28.3 Å². The van der Waals surface area contributed by atoms with Gasteiger partial charge in [0.1, 0.15) is 5.75 Å². The first kappa shape index (κ1) is 17.0. The van der Waals surface area contributed by atoms with E-state index >= 15 is 0 Å². The third kappa shape index (κ3) is 3.51. The molecule has 0 amide bonds. The molecule has 0 aliphatic heterocycles. The van der Waals surface area contributed by atoms with Crippen LogP contribution < -0.4 is 4.74 Å². The number of carbonyl (C=O) groups is 2. The van der Waals surface area contributed by atoms with Gasteiger partial charge in [0.05, 0.1) is 12.3 Å². The topological polar surface area (TPSA) is 79.4 Å². The molecule has 0 spiro atoms. The van der Waals surface area contributed by atoms with E-state index in [4.69, 9.17) is 4.74 Å². The molecule has 122 valence electrons. The molecule has 0 aliphatic carbocycles. The lowest BCUT2D eigenvalue weighted by atomic mass is 10.0. The van der Waals surface area contributed by atoms with Crippen molar-refractivity contribution in [2.45, 2.75) is 33.8 Å². The molecule has 5 nitrogen and oxygen atoms in total. The Bertz CT molecular complexity index is 731. The molecule has 2 rings (SSSR count). The fourth-order valence-electron chi connectivity index (χ4n) is 2.74. The van der Waals surface area contributed by atoms with Crippen LogP contribution in [0.1, 0.15) is 51.5 Å². The largest absolute Gasteiger partial charge is 0.485 e. The molecular formula is C18H21NO4. The van der Waals surface area contributed by atoms with Crippen molar-refractivity contribution in [2.75, 3.05) is 6.61 Å². The van der Waals surface area contributed by atoms with Gasteiger partial charge in [0.15, 0.2) is 12.4 Å². The number of para-hydroxylation sites is 1. The molecule has 0 radical (unpaired) electrons. The zero-order valence-electron chi connectivity index (χ0n) is 13.6. The predicted octanol–water partition coefficient (Wildman–Crippen LogP) is 2.84. The Hall–Kier alpha value is -2.40. The van der Waals surface area contributed by atoms with Crippen LogP contribution in [0.15, 0.2) is 24.3 Å². The molecule has 5 heteroatoms. The summed E-state index contributed by atoms with van der Waals surface area (Å²) in [6.45, 7) is 4.89. The number of aromatic amines is 1. The van der Waals surface area contributed by atoms with Gasteiger partial charge in [0, 0.05) is 16.8 Å². The molecule has 0 atom stereocenters. The van der Waals surface area contributed by atoms with Gasteiger partial charge in [-0.25, -0.2) is 0 Å². The average molecular weight is 315 g/mol. The van der Waals surface area contributed by atoms with Crippen LogP contribution in [0.5, 0.6) is 5.75 Å². The van der Waals surface area contributed by atoms with Crippen molar-refractivity contribution in [2.24, 2.45) is 0 Å². The van der Waals surface area contributed by atoms with E-state index in [9.17, 15) is 14.7 Å². The third-order valence-corrected chi connectivity index (χ3v) is 3.78. The number of carbonyl (C=O) groups excluding carboxylic acids is 2. The van der Waals surface area contributed by atoms with E-state index in [1.54, 1.807) is 31.2 Å². The summed E-state index contributed by atoms with van der Waals surface area (Å²) in [5.74, 6) is 0.211. The van der Waals surface area contributed by atoms with Crippen molar-refractivity contribution in [3.63, 3.8) is 0 Å². The van der Waals surface area contributed by atoms with Crippen molar-refractivity contribution in [1.29, 1.82) is 0 Å². The highest BCUT2D eigenvalue weighted by molar-refractivity contribution is 6.03. The first-order chi connectivity index (χ1) is 11.0. The molecule has 2 aromatic rings. The summed E-state index contributed by atoms with van der Waals surface area (Å²) in [7, 11) is 0. The number of ketones is 2. The van der Waals surface area contributed by atoms with Gasteiger partial charge >= 0.3 is 0 Å². The fourth-order valence-corrected chi connectivity index (χ4v) is 2.74. The highest BCUT2D eigenvalue weighted by atomic mass is 16.5. The Balaban J connectivity index is 2.21. The minimum absolute atomic E-state index is 0.0544. The summed E-state index contributed by atoms with van der Waals surface area (Å²) in [6, 6.07) is 7.02. The molecule has 0 bridgehead atoms. The third-order valence-electron chi connectivity index (χ3n) is 3.78. The quantitative estimate of drug-likeness (QED) is 0.770. The molecular weight excluding hydrogens is 294 g/mol. The molecule has 2 N–H and O–H groups in total. The van der Waals surface area contributed by atoms with Gasteiger partial charge in [-0.3, -0.25) is 9.59 Å². The van der Waals surface area contributed by atoms with Crippen molar-refractivity contribution >= 4 is 11.6 Å². The van der Waals surface area contributed by atoms with Gasteiger partial charge in [-0.05, 0) is 31.9 Å². The zero-order valence-corrected chi connectivity index (χ0v) is 13.6. The van der Waals surface area contributed by atoms with E-state index in [1.165, 1.54) is 6.92 Å². The second-order valence-electron chi connectivity index (χ2n) is 5.37. The van der Waals surface area contributed by atoms with Gasteiger partial charge in [-0.1, -0.05) is 25.1 Å². The lowest BCUT2D eigenvalue weighted by Gasteiger charge is -2.09. The first-order valence-electron chi connectivity index (χ1n) is 7.56. The average Bonchev–Trinajstić information content (AvgIpc) is 2.89. The molecule has 1 aromatic carbocycles. The lowest BCUT2D eigenvalue weighted by molar-refractivity contribution is 0.0914. The highest BCUT2D eigenvalue weighted by Gasteiger charge is 2.21. The number of H-pyrrole nitrogens is 1. The number of benzene rings is 1. The second kappa shape index (κ2) is 7.24. The van der Waals surface area contributed by atoms with Gasteiger partial charge in [-0.15, -0.1) is 0 Å². The molecule has 1 heterocycles. The Morgan fingerprint density at radius 1 is 1.26 bits per heavy atom. The maximum absolute atomic E-state index is 12.5. The van der Waals surface area contributed by atoms with Gasteiger partial charge < -0.3 is 14.8 Å². The predicted molar refractivity (Wildman–Crippen MR) is 87.1 cm³/mol. The molecule has 0 saturated carbocycles. The van der Waals surface area contributed by atoms with E-state index in [-0.39, 0.29) is 24.8 Å². The number of nitrogens with one attached hydrogen (secondary N) is 1. The van der Waals surface area contributed by atoms with Crippen molar-refractivity contribution in [3.05, 3.63) is 52.3 Å². The number of aryl methyl sites for hydroxylation is 1. The Morgan fingerprint density at radius 3 is 2.57 bits per heavy atom. The fraction of sp³-hybridized carbons (Fsp3) is 0.333. The SMILES string of the molecule is CCc1c(C(=O)COc2ccccc2CO)[nH]c(C)c1C(C)=O.